The Hall–Kier alpha value is -1.79. The van der Waals surface area contributed by atoms with E-state index in [1.54, 1.807) is 38.1 Å². The first-order valence-corrected chi connectivity index (χ1v) is 7.80. The van der Waals surface area contributed by atoms with Crippen molar-refractivity contribution in [2.75, 3.05) is 6.54 Å². The minimum absolute atomic E-state index is 0.0348. The van der Waals surface area contributed by atoms with E-state index in [4.69, 9.17) is 11.6 Å². The molecular weight excluding hydrogens is 341 g/mol. The van der Waals surface area contributed by atoms with Gasteiger partial charge in [0.2, 0.25) is 5.91 Å². The molecule has 3 nitrogen and oxygen atoms in total. The molecule has 2 aromatic rings. The molecule has 1 aliphatic rings. The van der Waals surface area contributed by atoms with Gasteiger partial charge in [0.05, 0.1) is 5.41 Å². The number of hydrogen-bond donors (Lipinski definition) is 1. The van der Waals surface area contributed by atoms with Gasteiger partial charge < -0.3 is 0 Å². The minimum atomic E-state index is -4.55. The van der Waals surface area contributed by atoms with Crippen LogP contribution >= 0.6 is 11.6 Å². The monoisotopic (exact) mass is 356 g/mol. The highest BCUT2D eigenvalue weighted by Crippen LogP contribution is 2.43. The highest BCUT2D eigenvalue weighted by atomic mass is 35.5. The fourth-order valence-corrected chi connectivity index (χ4v) is 3.18. The van der Waals surface area contributed by atoms with Crippen LogP contribution in [0.15, 0.2) is 36.4 Å². The quantitative estimate of drug-likeness (QED) is 0.861. The number of hydrazine groups is 1. The molecule has 7 heteroatoms. The number of amides is 1. The Balaban J connectivity index is 2.15. The smallest absolute Gasteiger partial charge is 0.287 e. The summed E-state index contributed by atoms with van der Waals surface area (Å²) < 4.78 is 41.5. The SMILES string of the molecule is CC1(C)CN(C(c2cccc3ccc(Cl)cc23)C(F)(F)F)NC1=O. The molecule has 1 fully saturated rings. The molecule has 1 aliphatic heterocycles. The summed E-state index contributed by atoms with van der Waals surface area (Å²) in [6.07, 6.45) is -4.55. The number of fused-ring (bicyclic) bond motifs is 1. The molecule has 1 N–H and O–H groups in total. The fraction of sp³-hybridized carbons (Fsp3) is 0.353. The van der Waals surface area contributed by atoms with Crippen molar-refractivity contribution in [3.8, 4) is 0 Å². The fourth-order valence-electron chi connectivity index (χ4n) is 3.00. The van der Waals surface area contributed by atoms with Gasteiger partial charge in [-0.1, -0.05) is 35.9 Å². The van der Waals surface area contributed by atoms with E-state index < -0.39 is 23.5 Å². The maximum Gasteiger partial charge on any atom is 0.409 e. The number of nitrogens with zero attached hydrogens (tertiary/aromatic N) is 1. The highest BCUT2D eigenvalue weighted by Gasteiger charge is 2.51. The summed E-state index contributed by atoms with van der Waals surface area (Å²) in [6, 6.07) is 7.63. The molecule has 1 unspecified atom stereocenters. The van der Waals surface area contributed by atoms with Crippen LogP contribution in [0.5, 0.6) is 0 Å². The van der Waals surface area contributed by atoms with Crippen molar-refractivity contribution in [3.05, 3.63) is 47.0 Å². The Morgan fingerprint density at radius 3 is 2.54 bits per heavy atom. The zero-order chi connectivity index (χ0) is 17.7. The van der Waals surface area contributed by atoms with Gasteiger partial charge >= 0.3 is 6.18 Å². The van der Waals surface area contributed by atoms with Crippen molar-refractivity contribution in [1.29, 1.82) is 0 Å². The summed E-state index contributed by atoms with van der Waals surface area (Å²) in [5, 5.41) is 2.42. The molecule has 0 saturated carbocycles. The third-order valence-corrected chi connectivity index (χ3v) is 4.45. The molecule has 0 aromatic heterocycles. The van der Waals surface area contributed by atoms with Gasteiger partial charge in [-0.05, 0) is 42.3 Å². The van der Waals surface area contributed by atoms with Gasteiger partial charge in [0, 0.05) is 11.6 Å². The molecule has 1 saturated heterocycles. The zero-order valence-electron chi connectivity index (χ0n) is 13.1. The number of benzene rings is 2. The van der Waals surface area contributed by atoms with Gasteiger partial charge in [0.1, 0.15) is 0 Å². The number of hydrogen-bond acceptors (Lipinski definition) is 2. The Labute approximate surface area is 142 Å². The van der Waals surface area contributed by atoms with Gasteiger partial charge in [-0.25, -0.2) is 5.01 Å². The summed E-state index contributed by atoms with van der Waals surface area (Å²) >= 11 is 5.97. The van der Waals surface area contributed by atoms with Gasteiger partial charge in [0.25, 0.3) is 0 Å². The third-order valence-electron chi connectivity index (χ3n) is 4.22. The van der Waals surface area contributed by atoms with Crippen LogP contribution in [0.25, 0.3) is 10.8 Å². The lowest BCUT2D eigenvalue weighted by Gasteiger charge is -2.30. The van der Waals surface area contributed by atoms with Gasteiger partial charge in [-0.15, -0.1) is 0 Å². The molecule has 0 aliphatic carbocycles. The Kier molecular flexibility index (Phi) is 4.00. The van der Waals surface area contributed by atoms with Crippen molar-refractivity contribution >= 4 is 28.3 Å². The van der Waals surface area contributed by atoms with Gasteiger partial charge in [0.15, 0.2) is 6.04 Å². The lowest BCUT2D eigenvalue weighted by molar-refractivity contribution is -0.191. The maximum absolute atomic E-state index is 13.8. The summed E-state index contributed by atoms with van der Waals surface area (Å²) in [5.74, 6) is -0.421. The molecule has 1 amide bonds. The second-order valence-electron chi connectivity index (χ2n) is 6.61. The largest absolute Gasteiger partial charge is 0.409 e. The summed E-state index contributed by atoms with van der Waals surface area (Å²) in [6.45, 7) is 3.21. The van der Waals surface area contributed by atoms with Crippen LogP contribution in [0.4, 0.5) is 13.2 Å². The summed E-state index contributed by atoms with van der Waals surface area (Å²) in [4.78, 5) is 11.9. The molecule has 1 atom stereocenters. The second kappa shape index (κ2) is 5.63. The van der Waals surface area contributed by atoms with Crippen molar-refractivity contribution in [2.45, 2.75) is 26.1 Å². The van der Waals surface area contributed by atoms with Gasteiger partial charge in [-0.3, -0.25) is 10.2 Å². The molecule has 2 aromatic carbocycles. The first kappa shape index (κ1) is 17.0. The van der Waals surface area contributed by atoms with Crippen molar-refractivity contribution in [1.82, 2.24) is 10.4 Å². The van der Waals surface area contributed by atoms with Crippen LogP contribution < -0.4 is 5.43 Å². The molecule has 0 radical (unpaired) electrons. The van der Waals surface area contributed by atoms with E-state index in [1.165, 1.54) is 12.1 Å². The molecule has 0 spiro atoms. The van der Waals surface area contributed by atoms with Crippen LogP contribution in [0.1, 0.15) is 25.5 Å². The molecule has 0 bridgehead atoms. The predicted octanol–water partition coefficient (Wildman–Crippen LogP) is 4.47. The normalized spacial score (nSPS) is 19.5. The van der Waals surface area contributed by atoms with E-state index in [-0.39, 0.29) is 12.1 Å². The number of nitrogens with one attached hydrogen (secondary N) is 1. The van der Waals surface area contributed by atoms with E-state index >= 15 is 0 Å². The summed E-state index contributed by atoms with van der Waals surface area (Å²) in [5.41, 5.74) is 1.56. The van der Waals surface area contributed by atoms with Gasteiger partial charge in [-0.2, -0.15) is 13.2 Å². The predicted molar refractivity (Wildman–Crippen MR) is 86.4 cm³/mol. The standard InChI is InChI=1S/C17H16ClF3N2O/c1-16(2)9-23(22-15(16)24)14(17(19,20)21)12-5-3-4-10-6-7-11(18)8-13(10)12/h3-8,14H,9H2,1-2H3,(H,22,24). The van der Waals surface area contributed by atoms with E-state index in [0.717, 1.165) is 5.01 Å². The number of alkyl halides is 3. The number of halogens is 4. The van der Waals surface area contributed by atoms with Crippen molar-refractivity contribution in [2.24, 2.45) is 5.41 Å². The molecule has 24 heavy (non-hydrogen) atoms. The second-order valence-corrected chi connectivity index (χ2v) is 7.05. The third kappa shape index (κ3) is 2.96. The average molecular weight is 357 g/mol. The first-order valence-electron chi connectivity index (χ1n) is 7.42. The van der Waals surface area contributed by atoms with Crippen LogP contribution in [-0.2, 0) is 4.79 Å². The molecular formula is C17H16ClF3N2O. The van der Waals surface area contributed by atoms with Crippen molar-refractivity contribution < 1.29 is 18.0 Å². The first-order chi connectivity index (χ1) is 11.1. The lowest BCUT2D eigenvalue weighted by atomic mass is 9.93. The van der Waals surface area contributed by atoms with Crippen LogP contribution in [0.3, 0.4) is 0 Å². The van der Waals surface area contributed by atoms with E-state index in [9.17, 15) is 18.0 Å². The summed E-state index contributed by atoms with van der Waals surface area (Å²) in [7, 11) is 0. The minimum Gasteiger partial charge on any atom is -0.287 e. The van der Waals surface area contributed by atoms with E-state index in [2.05, 4.69) is 5.43 Å². The maximum atomic E-state index is 13.8. The van der Waals surface area contributed by atoms with Crippen LogP contribution in [-0.4, -0.2) is 23.6 Å². The Morgan fingerprint density at radius 2 is 1.96 bits per heavy atom. The lowest BCUT2D eigenvalue weighted by Crippen LogP contribution is -2.43. The van der Waals surface area contributed by atoms with Crippen LogP contribution in [0.2, 0.25) is 5.02 Å². The Bertz CT molecular complexity index is 804. The Morgan fingerprint density at radius 1 is 1.25 bits per heavy atom. The highest BCUT2D eigenvalue weighted by molar-refractivity contribution is 6.31. The molecule has 1 heterocycles. The number of rotatable bonds is 2. The van der Waals surface area contributed by atoms with Crippen molar-refractivity contribution in [3.63, 3.8) is 0 Å². The topological polar surface area (TPSA) is 32.3 Å². The zero-order valence-corrected chi connectivity index (χ0v) is 13.9. The molecule has 3 rings (SSSR count). The van der Waals surface area contributed by atoms with Crippen LogP contribution in [0, 0.1) is 5.41 Å². The molecule has 128 valence electrons. The average Bonchev–Trinajstić information content (AvgIpc) is 2.71. The number of carbonyl (C=O) groups is 1. The van der Waals surface area contributed by atoms with E-state index in [0.29, 0.717) is 15.8 Å². The number of carbonyl (C=O) groups excluding carboxylic acids is 1. The van der Waals surface area contributed by atoms with E-state index in [1.807, 2.05) is 0 Å².